The summed E-state index contributed by atoms with van der Waals surface area (Å²) in [7, 11) is -2.44. The molecule has 224 valence electrons. The number of para-hydroxylation sites is 1. The summed E-state index contributed by atoms with van der Waals surface area (Å²) in [6.07, 6.45) is 1.48. The van der Waals surface area contributed by atoms with Gasteiger partial charge in [0.05, 0.1) is 28.2 Å². The standard InChI is InChI=1S/C30H33N7O5S/c1-37-27-23(25(35-37)11-6-16-31-30-32-17-18-33-30)9-5-10-24(27)28(38)34-19-26(29(39)40)36-43(41,42)22-14-12-21(13-15-22)20-7-3-2-4-8-20/h2-5,7-10,12-15,26,36H,6,11,16-19H2,1H3,(H,34,38)(H,39,40)(H2,31,32,33). The Labute approximate surface area is 249 Å². The molecule has 0 saturated heterocycles. The SMILES string of the molecule is Cn1nc(CCCNC2=NCCN2)c2cccc(C(=O)NCC(NS(=O)(=O)c3ccc(-c4ccccc4)cc3)C(=O)O)c21. The summed E-state index contributed by atoms with van der Waals surface area (Å²) in [5, 5.41) is 24.2. The topological polar surface area (TPSA) is 167 Å². The number of aliphatic carboxylic acids is 1. The van der Waals surface area contributed by atoms with Crippen LogP contribution in [0.25, 0.3) is 22.0 Å². The van der Waals surface area contributed by atoms with Crippen LogP contribution in [0.15, 0.2) is 82.7 Å². The number of aromatic nitrogens is 2. The number of aryl methyl sites for hydroxylation is 2. The first-order chi connectivity index (χ1) is 20.7. The number of carboxylic acid groups (broad SMARTS) is 1. The molecular formula is C30H33N7O5S. The molecule has 1 amide bonds. The summed E-state index contributed by atoms with van der Waals surface area (Å²) in [5.74, 6) is -1.16. The van der Waals surface area contributed by atoms with Gasteiger partial charge in [-0.25, -0.2) is 8.42 Å². The summed E-state index contributed by atoms with van der Waals surface area (Å²) in [4.78, 5) is 29.4. The van der Waals surface area contributed by atoms with Gasteiger partial charge in [-0.05, 0) is 42.2 Å². The van der Waals surface area contributed by atoms with Crippen LogP contribution >= 0.6 is 0 Å². The van der Waals surface area contributed by atoms with E-state index in [1.54, 1.807) is 36.0 Å². The molecule has 5 N–H and O–H groups in total. The predicted octanol–water partition coefficient (Wildman–Crippen LogP) is 1.88. The minimum Gasteiger partial charge on any atom is -0.480 e. The van der Waals surface area contributed by atoms with E-state index in [4.69, 9.17) is 0 Å². The van der Waals surface area contributed by atoms with E-state index in [2.05, 4.69) is 30.8 Å². The van der Waals surface area contributed by atoms with Crippen molar-refractivity contribution in [2.45, 2.75) is 23.8 Å². The monoisotopic (exact) mass is 603 g/mol. The maximum atomic E-state index is 13.2. The number of fused-ring (bicyclic) bond motifs is 1. The molecule has 4 aromatic rings. The van der Waals surface area contributed by atoms with Gasteiger partial charge in [0, 0.05) is 32.1 Å². The molecule has 0 saturated carbocycles. The quantitative estimate of drug-likeness (QED) is 0.153. The third-order valence-corrected chi connectivity index (χ3v) is 8.56. The van der Waals surface area contributed by atoms with Gasteiger partial charge in [0.25, 0.3) is 5.91 Å². The highest BCUT2D eigenvalue weighted by atomic mass is 32.2. The van der Waals surface area contributed by atoms with Crippen LogP contribution in [0.2, 0.25) is 0 Å². The van der Waals surface area contributed by atoms with Crippen molar-refractivity contribution in [3.63, 3.8) is 0 Å². The van der Waals surface area contributed by atoms with E-state index in [0.717, 1.165) is 47.7 Å². The minimum absolute atomic E-state index is 0.0837. The van der Waals surface area contributed by atoms with Gasteiger partial charge in [-0.2, -0.15) is 9.82 Å². The number of carboxylic acids is 1. The normalized spacial score (nSPS) is 13.7. The number of carbonyl (C=O) groups excluding carboxylic acids is 1. The number of benzene rings is 3. The van der Waals surface area contributed by atoms with E-state index in [-0.39, 0.29) is 4.90 Å². The molecule has 2 heterocycles. The molecule has 1 aliphatic heterocycles. The number of hydrogen-bond donors (Lipinski definition) is 5. The highest BCUT2D eigenvalue weighted by Crippen LogP contribution is 2.23. The van der Waals surface area contributed by atoms with Crippen LogP contribution in [0.1, 0.15) is 22.5 Å². The van der Waals surface area contributed by atoms with E-state index in [0.29, 0.717) is 24.0 Å². The van der Waals surface area contributed by atoms with Crippen molar-refractivity contribution >= 4 is 38.8 Å². The summed E-state index contributed by atoms with van der Waals surface area (Å²) >= 11 is 0. The van der Waals surface area contributed by atoms with Crippen molar-refractivity contribution in [2.75, 3.05) is 26.2 Å². The minimum atomic E-state index is -4.18. The fraction of sp³-hybridized carbons (Fsp3) is 0.267. The van der Waals surface area contributed by atoms with Crippen LogP contribution in [-0.4, -0.2) is 73.4 Å². The highest BCUT2D eigenvalue weighted by Gasteiger charge is 2.27. The molecule has 1 unspecified atom stereocenters. The van der Waals surface area contributed by atoms with E-state index in [1.807, 2.05) is 36.4 Å². The summed E-state index contributed by atoms with van der Waals surface area (Å²) < 4.78 is 29.8. The zero-order valence-corrected chi connectivity index (χ0v) is 24.4. The first kappa shape index (κ1) is 29.7. The zero-order chi connectivity index (χ0) is 30.4. The lowest BCUT2D eigenvalue weighted by Crippen LogP contribution is -2.48. The van der Waals surface area contributed by atoms with Crippen molar-refractivity contribution in [1.29, 1.82) is 0 Å². The average Bonchev–Trinajstić information content (AvgIpc) is 3.65. The number of aliphatic imine (C=N–C) groups is 1. The number of carbonyl (C=O) groups is 2. The van der Waals surface area contributed by atoms with E-state index < -0.39 is 34.5 Å². The first-order valence-electron chi connectivity index (χ1n) is 13.9. The van der Waals surface area contributed by atoms with E-state index >= 15 is 0 Å². The molecule has 1 aliphatic rings. The molecule has 0 aliphatic carbocycles. The summed E-state index contributed by atoms with van der Waals surface area (Å²) in [6, 6.07) is 19.3. The first-order valence-corrected chi connectivity index (χ1v) is 15.4. The highest BCUT2D eigenvalue weighted by molar-refractivity contribution is 7.89. The van der Waals surface area contributed by atoms with Gasteiger partial charge in [-0.1, -0.05) is 54.6 Å². The second-order valence-corrected chi connectivity index (χ2v) is 11.8. The van der Waals surface area contributed by atoms with Crippen LogP contribution in [0, 0.1) is 0 Å². The lowest BCUT2D eigenvalue weighted by atomic mass is 10.1. The van der Waals surface area contributed by atoms with Gasteiger partial charge in [0.15, 0.2) is 5.96 Å². The van der Waals surface area contributed by atoms with Crippen LogP contribution in [0.4, 0.5) is 0 Å². The van der Waals surface area contributed by atoms with Crippen LogP contribution in [0.3, 0.4) is 0 Å². The molecule has 0 spiro atoms. The van der Waals surface area contributed by atoms with Gasteiger partial charge >= 0.3 is 5.97 Å². The van der Waals surface area contributed by atoms with Gasteiger partial charge < -0.3 is 21.1 Å². The van der Waals surface area contributed by atoms with E-state index in [9.17, 15) is 23.1 Å². The van der Waals surface area contributed by atoms with Crippen molar-refractivity contribution in [3.8, 4) is 11.1 Å². The Morgan fingerprint density at radius 1 is 1.02 bits per heavy atom. The van der Waals surface area contributed by atoms with Crippen LogP contribution in [0.5, 0.6) is 0 Å². The number of guanidine groups is 1. The molecule has 1 aromatic heterocycles. The molecule has 3 aromatic carbocycles. The second-order valence-electron chi connectivity index (χ2n) is 10.1. The predicted molar refractivity (Wildman–Crippen MR) is 163 cm³/mol. The summed E-state index contributed by atoms with van der Waals surface area (Å²) in [6.45, 7) is 1.86. The Hall–Kier alpha value is -4.75. The number of rotatable bonds is 12. The van der Waals surface area contributed by atoms with Gasteiger partial charge in [-0.15, -0.1) is 0 Å². The van der Waals surface area contributed by atoms with Crippen LogP contribution in [-0.2, 0) is 28.3 Å². The lowest BCUT2D eigenvalue weighted by Gasteiger charge is -2.16. The largest absolute Gasteiger partial charge is 0.480 e. The Balaban J connectivity index is 1.23. The maximum absolute atomic E-state index is 13.2. The number of nitrogens with zero attached hydrogens (tertiary/aromatic N) is 3. The van der Waals surface area contributed by atoms with Gasteiger partial charge in [0.1, 0.15) is 6.04 Å². The Morgan fingerprint density at radius 3 is 2.47 bits per heavy atom. The van der Waals surface area contributed by atoms with Gasteiger partial charge in [-0.3, -0.25) is 19.3 Å². The fourth-order valence-electron chi connectivity index (χ4n) is 4.94. The number of nitrogens with one attached hydrogen (secondary N) is 4. The molecule has 5 rings (SSSR count). The molecule has 0 radical (unpaired) electrons. The number of amides is 1. The van der Waals surface area contributed by atoms with Crippen molar-refractivity contribution < 1.29 is 23.1 Å². The molecule has 12 nitrogen and oxygen atoms in total. The third kappa shape index (κ3) is 7.01. The molecule has 0 bridgehead atoms. The summed E-state index contributed by atoms with van der Waals surface area (Å²) in [5.41, 5.74) is 3.50. The zero-order valence-electron chi connectivity index (χ0n) is 23.6. The second kappa shape index (κ2) is 13.0. The van der Waals surface area contributed by atoms with Crippen molar-refractivity contribution in [3.05, 3.63) is 84.1 Å². The average molecular weight is 604 g/mol. The number of hydrogen-bond acceptors (Lipinski definition) is 8. The molecular weight excluding hydrogens is 570 g/mol. The van der Waals surface area contributed by atoms with Crippen molar-refractivity contribution in [2.24, 2.45) is 12.0 Å². The van der Waals surface area contributed by atoms with Crippen LogP contribution < -0.4 is 20.7 Å². The van der Waals surface area contributed by atoms with E-state index in [1.165, 1.54) is 12.1 Å². The Morgan fingerprint density at radius 2 is 1.77 bits per heavy atom. The fourth-order valence-corrected chi connectivity index (χ4v) is 6.13. The molecule has 0 fully saturated rings. The Bertz CT molecular complexity index is 1750. The van der Waals surface area contributed by atoms with Crippen molar-refractivity contribution in [1.82, 2.24) is 30.5 Å². The van der Waals surface area contributed by atoms with Gasteiger partial charge in [0.2, 0.25) is 10.0 Å². The number of sulfonamides is 1. The maximum Gasteiger partial charge on any atom is 0.323 e. The smallest absolute Gasteiger partial charge is 0.323 e. The molecule has 43 heavy (non-hydrogen) atoms. The molecule has 1 atom stereocenters. The molecule has 13 heteroatoms. The third-order valence-electron chi connectivity index (χ3n) is 7.08. The lowest BCUT2D eigenvalue weighted by molar-refractivity contribution is -0.138. The Kier molecular flexibility index (Phi) is 9.02.